The van der Waals surface area contributed by atoms with Gasteiger partial charge in [-0.1, -0.05) is 30.3 Å². The standard InChI is InChI=1S/C41H46N8O9/c1-25-38(52)46-21-28-12-14-29(20-34(28)57-3)58-35-19-27(13-16-33(35)56-2)39(53)43-17-7-8-18-49(41(55)32-23-44-31(22-45-32)37(42)51)24-36(50)48-30(40(54)47-25)15-11-26-9-5-4-6-10-26/h4-6,9-10,12-14,16,19-20,22-23,25,30H,7-8,11,15,17-18,21,24H2,1-3H3,(H2,42,51)(H,43,53)(H,46,52)(H,47,54)(H,48,50)/t25-,30-/m0/s1. The van der Waals surface area contributed by atoms with Gasteiger partial charge in [0.25, 0.3) is 17.7 Å². The number of aromatic nitrogens is 2. The van der Waals surface area contributed by atoms with Crippen molar-refractivity contribution in [1.82, 2.24) is 36.1 Å². The van der Waals surface area contributed by atoms with E-state index in [0.717, 1.165) is 18.0 Å². The van der Waals surface area contributed by atoms with Gasteiger partial charge in [-0.3, -0.25) is 28.8 Å². The third kappa shape index (κ3) is 11.5. The largest absolute Gasteiger partial charge is 0.496 e. The Morgan fingerprint density at radius 1 is 0.862 bits per heavy atom. The van der Waals surface area contributed by atoms with Crippen molar-refractivity contribution in [3.8, 4) is 23.0 Å². The number of primary amides is 1. The third-order valence-corrected chi connectivity index (χ3v) is 9.22. The zero-order chi connectivity index (χ0) is 41.6. The lowest BCUT2D eigenvalue weighted by molar-refractivity contribution is -0.132. The van der Waals surface area contributed by atoms with Gasteiger partial charge in [0.2, 0.25) is 17.7 Å². The van der Waals surface area contributed by atoms with Crippen LogP contribution in [-0.2, 0) is 27.3 Å². The van der Waals surface area contributed by atoms with E-state index in [-0.39, 0.29) is 49.1 Å². The first kappa shape index (κ1) is 42.1. The molecule has 3 aromatic carbocycles. The zero-order valence-corrected chi connectivity index (χ0v) is 32.4. The van der Waals surface area contributed by atoms with E-state index in [1.54, 1.807) is 36.4 Å². The molecule has 17 nitrogen and oxygen atoms in total. The third-order valence-electron chi connectivity index (χ3n) is 9.22. The number of carbonyl (C=O) groups is 6. The van der Waals surface area contributed by atoms with Crippen LogP contribution in [0.3, 0.4) is 0 Å². The number of ether oxygens (including phenoxy) is 3. The molecular formula is C41H46N8O9. The average Bonchev–Trinajstić information content (AvgIpc) is 3.23. The van der Waals surface area contributed by atoms with Gasteiger partial charge in [-0.2, -0.15) is 0 Å². The number of rotatable bonds is 7. The Hall–Kier alpha value is -7.04. The van der Waals surface area contributed by atoms with Crippen LogP contribution in [0.5, 0.6) is 23.0 Å². The summed E-state index contributed by atoms with van der Waals surface area (Å²) in [5.74, 6) is -2.16. The molecule has 4 bridgehead atoms. The van der Waals surface area contributed by atoms with Crippen molar-refractivity contribution < 1.29 is 43.0 Å². The van der Waals surface area contributed by atoms with Crippen molar-refractivity contribution in [2.45, 2.75) is 51.2 Å². The molecule has 6 N–H and O–H groups in total. The Morgan fingerprint density at radius 2 is 1.60 bits per heavy atom. The van der Waals surface area contributed by atoms with E-state index in [2.05, 4.69) is 31.2 Å². The van der Waals surface area contributed by atoms with Crippen LogP contribution in [-0.4, -0.2) is 96.2 Å². The molecule has 4 aromatic rings. The lowest BCUT2D eigenvalue weighted by Gasteiger charge is -2.25. The summed E-state index contributed by atoms with van der Waals surface area (Å²) in [6, 6.07) is 17.1. The number of nitrogens with two attached hydrogens (primary N) is 1. The van der Waals surface area contributed by atoms with E-state index < -0.39 is 48.2 Å². The molecule has 2 atom stereocenters. The molecule has 2 aliphatic rings. The summed E-state index contributed by atoms with van der Waals surface area (Å²) in [6.07, 6.45) is 3.53. The second-order valence-electron chi connectivity index (χ2n) is 13.4. The Morgan fingerprint density at radius 3 is 2.31 bits per heavy atom. The van der Waals surface area contributed by atoms with Gasteiger partial charge in [-0.05, 0) is 68.5 Å². The van der Waals surface area contributed by atoms with Gasteiger partial charge in [0, 0.05) is 36.8 Å². The number of carbonyl (C=O) groups excluding carboxylic acids is 6. The molecular weight excluding hydrogens is 748 g/mol. The molecule has 3 heterocycles. The van der Waals surface area contributed by atoms with Gasteiger partial charge in [0.1, 0.15) is 35.0 Å². The first-order valence-electron chi connectivity index (χ1n) is 18.6. The maximum absolute atomic E-state index is 13.7. The predicted octanol–water partition coefficient (Wildman–Crippen LogP) is 2.29. The summed E-state index contributed by atoms with van der Waals surface area (Å²) in [6.45, 7) is 1.39. The Balaban J connectivity index is 1.41. The molecule has 304 valence electrons. The van der Waals surface area contributed by atoms with E-state index >= 15 is 0 Å². The fourth-order valence-corrected chi connectivity index (χ4v) is 6.02. The number of benzene rings is 3. The monoisotopic (exact) mass is 794 g/mol. The highest BCUT2D eigenvalue weighted by Gasteiger charge is 2.27. The molecule has 0 unspecified atom stereocenters. The molecule has 0 radical (unpaired) electrons. The zero-order valence-electron chi connectivity index (χ0n) is 32.4. The van der Waals surface area contributed by atoms with Crippen LogP contribution in [0.1, 0.15) is 68.6 Å². The first-order valence-corrected chi connectivity index (χ1v) is 18.6. The summed E-state index contributed by atoms with van der Waals surface area (Å²) < 4.78 is 17.2. The number of aryl methyl sites for hydroxylation is 1. The molecule has 1 aromatic heterocycles. The summed E-state index contributed by atoms with van der Waals surface area (Å²) >= 11 is 0. The van der Waals surface area contributed by atoms with E-state index in [4.69, 9.17) is 19.9 Å². The summed E-state index contributed by atoms with van der Waals surface area (Å²) in [7, 11) is 2.95. The number of nitrogens with zero attached hydrogens (tertiary/aromatic N) is 3. The summed E-state index contributed by atoms with van der Waals surface area (Å²) in [5, 5.41) is 11.1. The number of hydrogen-bond donors (Lipinski definition) is 5. The average molecular weight is 795 g/mol. The molecule has 0 fully saturated rings. The Bertz CT molecular complexity index is 2110. The predicted molar refractivity (Wildman–Crippen MR) is 210 cm³/mol. The molecule has 17 heteroatoms. The highest BCUT2D eigenvalue weighted by Crippen LogP contribution is 2.35. The number of hydrogen-bond acceptors (Lipinski definition) is 11. The fraction of sp³-hybridized carbons (Fsp3) is 0.317. The molecule has 0 saturated heterocycles. The topological polar surface area (TPSA) is 233 Å². The number of nitrogens with one attached hydrogen (secondary N) is 4. The van der Waals surface area contributed by atoms with Crippen LogP contribution < -0.4 is 41.2 Å². The first-order chi connectivity index (χ1) is 27.9. The SMILES string of the molecule is COc1cc2ccc1CNC(=O)[C@H](C)NC(=O)[C@H](CCc1ccccc1)NC(=O)CN(C(=O)c1cnc(C(N)=O)cn1)CCCCNC(=O)c1ccc(OC)c(c1)O2. The quantitative estimate of drug-likeness (QED) is 0.170. The van der Waals surface area contributed by atoms with Crippen LogP contribution in [0, 0.1) is 0 Å². The number of amides is 6. The minimum atomic E-state index is -1.08. The van der Waals surface area contributed by atoms with E-state index in [0.29, 0.717) is 47.6 Å². The molecule has 0 spiro atoms. The lowest BCUT2D eigenvalue weighted by atomic mass is 10.0. The minimum Gasteiger partial charge on any atom is -0.496 e. The van der Waals surface area contributed by atoms with E-state index in [9.17, 15) is 28.8 Å². The van der Waals surface area contributed by atoms with Gasteiger partial charge in [-0.25, -0.2) is 9.97 Å². The fourth-order valence-electron chi connectivity index (χ4n) is 6.02. The normalized spacial score (nSPS) is 17.3. The molecule has 58 heavy (non-hydrogen) atoms. The smallest absolute Gasteiger partial charge is 0.274 e. The second-order valence-corrected chi connectivity index (χ2v) is 13.4. The molecule has 6 rings (SSSR count). The minimum absolute atomic E-state index is 0.0507. The van der Waals surface area contributed by atoms with Crippen molar-refractivity contribution in [2.24, 2.45) is 5.73 Å². The number of methoxy groups -OCH3 is 2. The Kier molecular flexibility index (Phi) is 14.7. The van der Waals surface area contributed by atoms with Crippen molar-refractivity contribution in [3.63, 3.8) is 0 Å². The van der Waals surface area contributed by atoms with Crippen LogP contribution >= 0.6 is 0 Å². The second kappa shape index (κ2) is 20.2. The van der Waals surface area contributed by atoms with Crippen LogP contribution in [0.4, 0.5) is 0 Å². The molecule has 2 aliphatic heterocycles. The van der Waals surface area contributed by atoms with Gasteiger partial charge in [0.05, 0.1) is 33.2 Å². The van der Waals surface area contributed by atoms with Crippen molar-refractivity contribution in [3.05, 3.63) is 107 Å². The van der Waals surface area contributed by atoms with Crippen LogP contribution in [0.2, 0.25) is 0 Å². The molecule has 0 aliphatic carbocycles. The molecule has 6 amide bonds. The van der Waals surface area contributed by atoms with Crippen LogP contribution in [0.15, 0.2) is 79.1 Å². The van der Waals surface area contributed by atoms with Crippen molar-refractivity contribution >= 4 is 35.4 Å². The highest BCUT2D eigenvalue weighted by molar-refractivity contribution is 5.97. The van der Waals surface area contributed by atoms with Crippen LogP contribution in [0.25, 0.3) is 0 Å². The Labute approximate surface area is 335 Å². The highest BCUT2D eigenvalue weighted by atomic mass is 16.5. The van der Waals surface area contributed by atoms with Crippen molar-refractivity contribution in [1.29, 1.82) is 0 Å². The van der Waals surface area contributed by atoms with Gasteiger partial charge >= 0.3 is 0 Å². The van der Waals surface area contributed by atoms with Gasteiger partial charge in [0.15, 0.2) is 11.5 Å². The lowest BCUT2D eigenvalue weighted by Crippen LogP contribution is -2.54. The van der Waals surface area contributed by atoms with Gasteiger partial charge in [-0.15, -0.1) is 0 Å². The van der Waals surface area contributed by atoms with E-state index in [1.807, 2.05) is 30.3 Å². The number of fused-ring (bicyclic) bond motifs is 18. The maximum atomic E-state index is 13.7. The summed E-state index contributed by atoms with van der Waals surface area (Å²) in [5.41, 5.74) is 6.84. The summed E-state index contributed by atoms with van der Waals surface area (Å²) in [4.78, 5) is 88.2. The maximum Gasteiger partial charge on any atom is 0.274 e. The van der Waals surface area contributed by atoms with Crippen molar-refractivity contribution in [2.75, 3.05) is 33.9 Å². The molecule has 0 saturated carbocycles. The van der Waals surface area contributed by atoms with Gasteiger partial charge < -0.3 is 46.1 Å². The van der Waals surface area contributed by atoms with E-state index in [1.165, 1.54) is 26.0 Å².